The van der Waals surface area contributed by atoms with E-state index in [9.17, 15) is 14.4 Å². The SMILES string of the molecule is O=C(Cn1cc(/C=C2\SC(=O)N(Cc3ccc(Cl)c(Cl)c3)C2=O)c2ccccc21)N1CCCCC1. The maximum absolute atomic E-state index is 13.1. The molecule has 0 N–H and O–H groups in total. The zero-order chi connectivity index (χ0) is 24.5. The Morgan fingerprint density at radius 1 is 1.00 bits per heavy atom. The molecule has 3 heterocycles. The summed E-state index contributed by atoms with van der Waals surface area (Å²) in [7, 11) is 0. The summed E-state index contributed by atoms with van der Waals surface area (Å²) in [6.45, 7) is 1.96. The number of carbonyl (C=O) groups excluding carboxylic acids is 3. The third kappa shape index (κ3) is 4.99. The number of hydrogen-bond acceptors (Lipinski definition) is 4. The van der Waals surface area contributed by atoms with Crippen LogP contribution in [0.25, 0.3) is 17.0 Å². The Kier molecular flexibility index (Phi) is 6.91. The van der Waals surface area contributed by atoms with Gasteiger partial charge in [-0.2, -0.15) is 0 Å². The fourth-order valence-electron chi connectivity index (χ4n) is 4.51. The summed E-state index contributed by atoms with van der Waals surface area (Å²) in [6, 6.07) is 12.8. The van der Waals surface area contributed by atoms with Crippen LogP contribution in [0.4, 0.5) is 4.79 Å². The van der Waals surface area contributed by atoms with Crippen LogP contribution in [0.1, 0.15) is 30.4 Å². The molecule has 0 spiro atoms. The molecule has 2 aromatic carbocycles. The number of thioether (sulfide) groups is 1. The van der Waals surface area contributed by atoms with E-state index < -0.39 is 0 Å². The number of aromatic nitrogens is 1. The van der Waals surface area contributed by atoms with Gasteiger partial charge >= 0.3 is 0 Å². The second-order valence-electron chi connectivity index (χ2n) is 8.69. The maximum atomic E-state index is 13.1. The van der Waals surface area contributed by atoms with Crippen molar-refractivity contribution in [1.29, 1.82) is 0 Å². The Labute approximate surface area is 217 Å². The van der Waals surface area contributed by atoms with Gasteiger partial charge < -0.3 is 9.47 Å². The zero-order valence-corrected chi connectivity index (χ0v) is 21.2. The molecule has 0 aliphatic carbocycles. The number of amides is 3. The Balaban J connectivity index is 1.40. The van der Waals surface area contributed by atoms with Crippen molar-refractivity contribution in [3.05, 3.63) is 74.7 Å². The van der Waals surface area contributed by atoms with E-state index in [1.807, 2.05) is 39.9 Å². The minimum Gasteiger partial charge on any atom is -0.341 e. The molecule has 3 aromatic rings. The van der Waals surface area contributed by atoms with Crippen molar-refractivity contribution in [2.24, 2.45) is 0 Å². The van der Waals surface area contributed by atoms with Crippen molar-refractivity contribution in [1.82, 2.24) is 14.4 Å². The molecular formula is C26H23Cl2N3O3S. The molecule has 0 bridgehead atoms. The summed E-state index contributed by atoms with van der Waals surface area (Å²) in [5, 5.41) is 1.38. The molecule has 0 radical (unpaired) electrons. The molecule has 5 rings (SSSR count). The van der Waals surface area contributed by atoms with Crippen LogP contribution in [-0.2, 0) is 22.7 Å². The predicted octanol–water partition coefficient (Wildman–Crippen LogP) is 6.20. The van der Waals surface area contributed by atoms with Crippen molar-refractivity contribution in [3.63, 3.8) is 0 Å². The lowest BCUT2D eigenvalue weighted by molar-refractivity contribution is -0.132. The quantitative estimate of drug-likeness (QED) is 0.370. The maximum Gasteiger partial charge on any atom is 0.293 e. The third-order valence-electron chi connectivity index (χ3n) is 6.32. The molecule has 2 aliphatic rings. The summed E-state index contributed by atoms with van der Waals surface area (Å²) in [5.41, 5.74) is 2.43. The second kappa shape index (κ2) is 10.1. The average molecular weight is 528 g/mol. The number of hydrogen-bond donors (Lipinski definition) is 0. The molecule has 180 valence electrons. The first kappa shape index (κ1) is 24.0. The minimum absolute atomic E-state index is 0.0963. The molecule has 0 unspecified atom stereocenters. The van der Waals surface area contributed by atoms with Gasteiger partial charge in [-0.1, -0.05) is 47.5 Å². The molecular weight excluding hydrogens is 505 g/mol. The van der Waals surface area contributed by atoms with Crippen LogP contribution in [0.2, 0.25) is 10.0 Å². The average Bonchev–Trinajstić information content (AvgIpc) is 3.34. The van der Waals surface area contributed by atoms with Gasteiger partial charge in [-0.15, -0.1) is 0 Å². The Morgan fingerprint density at radius 3 is 2.54 bits per heavy atom. The summed E-state index contributed by atoms with van der Waals surface area (Å²) in [4.78, 5) is 42.1. The monoisotopic (exact) mass is 527 g/mol. The number of benzene rings is 2. The van der Waals surface area contributed by atoms with Gasteiger partial charge in [0.2, 0.25) is 5.91 Å². The molecule has 2 saturated heterocycles. The summed E-state index contributed by atoms with van der Waals surface area (Å²) in [5.74, 6) is -0.258. The number of carbonyl (C=O) groups is 3. The molecule has 35 heavy (non-hydrogen) atoms. The van der Waals surface area contributed by atoms with E-state index in [4.69, 9.17) is 23.2 Å². The number of fused-ring (bicyclic) bond motifs is 1. The second-order valence-corrected chi connectivity index (χ2v) is 10.5. The van der Waals surface area contributed by atoms with Crippen LogP contribution in [0.15, 0.2) is 53.6 Å². The number of para-hydroxylation sites is 1. The van der Waals surface area contributed by atoms with Crippen LogP contribution in [0.3, 0.4) is 0 Å². The zero-order valence-electron chi connectivity index (χ0n) is 18.9. The van der Waals surface area contributed by atoms with Gasteiger partial charge in [-0.3, -0.25) is 19.3 Å². The van der Waals surface area contributed by atoms with Crippen LogP contribution >= 0.6 is 35.0 Å². The topological polar surface area (TPSA) is 62.6 Å². The van der Waals surface area contributed by atoms with E-state index in [-0.39, 0.29) is 30.1 Å². The van der Waals surface area contributed by atoms with Crippen LogP contribution in [-0.4, -0.2) is 44.5 Å². The first-order chi connectivity index (χ1) is 16.9. The predicted molar refractivity (Wildman–Crippen MR) is 140 cm³/mol. The molecule has 6 nitrogen and oxygen atoms in total. The molecule has 2 fully saturated rings. The van der Waals surface area contributed by atoms with E-state index in [1.54, 1.807) is 24.3 Å². The fraction of sp³-hybridized carbons (Fsp3) is 0.269. The summed E-state index contributed by atoms with van der Waals surface area (Å²) >= 11 is 13.0. The molecule has 3 amide bonds. The van der Waals surface area contributed by atoms with Gasteiger partial charge in [0.25, 0.3) is 11.1 Å². The van der Waals surface area contributed by atoms with Crippen molar-refractivity contribution in [2.45, 2.75) is 32.4 Å². The number of piperidine rings is 1. The number of imide groups is 1. The van der Waals surface area contributed by atoms with E-state index in [0.717, 1.165) is 59.7 Å². The first-order valence-electron chi connectivity index (χ1n) is 11.5. The Bertz CT molecular complexity index is 1360. The van der Waals surface area contributed by atoms with Crippen LogP contribution in [0.5, 0.6) is 0 Å². The smallest absolute Gasteiger partial charge is 0.293 e. The van der Waals surface area contributed by atoms with Gasteiger partial charge in [0.05, 0.1) is 21.5 Å². The highest BCUT2D eigenvalue weighted by molar-refractivity contribution is 8.18. The standard InChI is InChI=1S/C26H23Cl2N3O3S/c27-20-9-8-17(12-21(20)28)14-31-25(33)23(35-26(31)34)13-18-15-30(22-7-3-2-6-19(18)22)16-24(32)29-10-4-1-5-11-29/h2-3,6-9,12-13,15H,1,4-5,10-11,14,16H2/b23-13-. The lowest BCUT2D eigenvalue weighted by atomic mass is 10.1. The van der Waals surface area contributed by atoms with E-state index in [2.05, 4.69) is 0 Å². The largest absolute Gasteiger partial charge is 0.341 e. The van der Waals surface area contributed by atoms with Crippen molar-refractivity contribution in [3.8, 4) is 0 Å². The fourth-order valence-corrected chi connectivity index (χ4v) is 5.66. The summed E-state index contributed by atoms with van der Waals surface area (Å²) in [6.07, 6.45) is 6.88. The number of halogens is 2. The highest BCUT2D eigenvalue weighted by Crippen LogP contribution is 2.35. The highest BCUT2D eigenvalue weighted by atomic mass is 35.5. The van der Waals surface area contributed by atoms with Gasteiger partial charge in [0.1, 0.15) is 6.54 Å². The van der Waals surface area contributed by atoms with Crippen LogP contribution in [0, 0.1) is 0 Å². The highest BCUT2D eigenvalue weighted by Gasteiger charge is 2.35. The van der Waals surface area contributed by atoms with Crippen molar-refractivity contribution in [2.75, 3.05) is 13.1 Å². The minimum atomic E-state index is -0.354. The lowest BCUT2D eigenvalue weighted by Crippen LogP contribution is -2.37. The normalized spacial score (nSPS) is 17.7. The Hall–Kier alpha value is -2.74. The molecule has 0 atom stereocenters. The van der Waals surface area contributed by atoms with E-state index in [1.165, 1.54) is 11.3 Å². The molecule has 1 aromatic heterocycles. The molecule has 9 heteroatoms. The number of likely N-dealkylation sites (tertiary alicyclic amines) is 1. The molecule has 0 saturated carbocycles. The lowest BCUT2D eigenvalue weighted by Gasteiger charge is -2.27. The Morgan fingerprint density at radius 2 is 1.77 bits per heavy atom. The third-order valence-corrected chi connectivity index (χ3v) is 7.97. The van der Waals surface area contributed by atoms with E-state index >= 15 is 0 Å². The van der Waals surface area contributed by atoms with E-state index in [0.29, 0.717) is 15.0 Å². The van der Waals surface area contributed by atoms with Crippen LogP contribution < -0.4 is 0 Å². The van der Waals surface area contributed by atoms with Crippen molar-refractivity contribution >= 4 is 69.0 Å². The number of nitrogens with zero attached hydrogens (tertiary/aromatic N) is 3. The van der Waals surface area contributed by atoms with Gasteiger partial charge in [-0.25, -0.2) is 0 Å². The first-order valence-corrected chi connectivity index (χ1v) is 13.0. The van der Waals surface area contributed by atoms with Crippen molar-refractivity contribution < 1.29 is 14.4 Å². The van der Waals surface area contributed by atoms with Gasteiger partial charge in [0, 0.05) is 35.8 Å². The number of rotatable bonds is 5. The van der Waals surface area contributed by atoms with Gasteiger partial charge in [-0.05, 0) is 60.9 Å². The molecule has 2 aliphatic heterocycles. The summed E-state index contributed by atoms with van der Waals surface area (Å²) < 4.78 is 1.93. The van der Waals surface area contributed by atoms with Gasteiger partial charge in [0.15, 0.2) is 0 Å².